The van der Waals surface area contributed by atoms with Crippen molar-refractivity contribution >= 4 is 0 Å². The van der Waals surface area contributed by atoms with E-state index in [9.17, 15) is 0 Å². The average molecular weight is 186 g/mol. The fourth-order valence-electron chi connectivity index (χ4n) is 1.49. The maximum atomic E-state index is 2.49. The molecule has 0 saturated heterocycles. The van der Waals surface area contributed by atoms with Gasteiger partial charge in [0.1, 0.15) is 0 Å². The Balaban J connectivity index is 4.03. The minimum absolute atomic E-state index is 0.651. The van der Waals surface area contributed by atoms with Crippen molar-refractivity contribution < 1.29 is 0 Å². The summed E-state index contributed by atoms with van der Waals surface area (Å²) in [5.74, 6) is 0. The lowest BCUT2D eigenvalue weighted by molar-refractivity contribution is 0.0920. The van der Waals surface area contributed by atoms with Crippen LogP contribution in [0.1, 0.15) is 41.5 Å². The smallest absolute Gasteiger partial charge is 0.0510 e. The third-order valence-electron chi connectivity index (χ3n) is 2.64. The van der Waals surface area contributed by atoms with Crippen molar-refractivity contribution in [2.45, 2.75) is 53.6 Å². The predicted octanol–water partition coefficient (Wildman–Crippen LogP) is 2.40. The van der Waals surface area contributed by atoms with Crippen molar-refractivity contribution in [3.8, 4) is 0 Å². The molecule has 0 rings (SSSR count). The molecule has 0 aliphatic carbocycles. The van der Waals surface area contributed by atoms with E-state index in [2.05, 4.69) is 51.3 Å². The summed E-state index contributed by atoms with van der Waals surface area (Å²) in [5.41, 5.74) is 0. The molecular formula is C11H26N2. The van der Waals surface area contributed by atoms with Gasteiger partial charge >= 0.3 is 0 Å². The van der Waals surface area contributed by atoms with Crippen molar-refractivity contribution in [2.75, 3.05) is 19.8 Å². The second-order valence-corrected chi connectivity index (χ2v) is 4.14. The molecule has 0 saturated carbocycles. The van der Waals surface area contributed by atoms with Crippen LogP contribution < -0.4 is 0 Å². The number of hydrogen-bond acceptors (Lipinski definition) is 2. The van der Waals surface area contributed by atoms with Crippen molar-refractivity contribution in [1.29, 1.82) is 0 Å². The second kappa shape index (κ2) is 6.39. The first kappa shape index (κ1) is 12.9. The Morgan fingerprint density at radius 3 is 1.23 bits per heavy atom. The van der Waals surface area contributed by atoms with Crippen LogP contribution in [0.3, 0.4) is 0 Å². The summed E-state index contributed by atoms with van der Waals surface area (Å²) in [4.78, 5) is 4.98. The van der Waals surface area contributed by atoms with Gasteiger partial charge in [-0.3, -0.25) is 9.80 Å². The van der Waals surface area contributed by atoms with Gasteiger partial charge in [-0.25, -0.2) is 0 Å². The Bertz CT molecular complexity index is 107. The minimum Gasteiger partial charge on any atom is -0.288 e. The Labute approximate surface area is 83.9 Å². The fraction of sp³-hybridized carbons (Fsp3) is 1.00. The van der Waals surface area contributed by atoms with Crippen molar-refractivity contribution in [3.63, 3.8) is 0 Å². The molecule has 0 unspecified atom stereocenters. The third-order valence-corrected chi connectivity index (χ3v) is 2.64. The number of nitrogens with zero attached hydrogens (tertiary/aromatic N) is 2. The SMILES string of the molecule is CCN(CN(CC)C(C)C)C(C)C. The molecule has 0 radical (unpaired) electrons. The molecule has 0 aliphatic rings. The molecule has 13 heavy (non-hydrogen) atoms. The third kappa shape index (κ3) is 4.63. The number of hydrogen-bond donors (Lipinski definition) is 0. The molecule has 0 bridgehead atoms. The largest absolute Gasteiger partial charge is 0.288 e. The fourth-order valence-corrected chi connectivity index (χ4v) is 1.49. The van der Waals surface area contributed by atoms with Crippen LogP contribution in [-0.4, -0.2) is 41.6 Å². The van der Waals surface area contributed by atoms with E-state index in [0.29, 0.717) is 12.1 Å². The molecular weight excluding hydrogens is 160 g/mol. The molecule has 0 heterocycles. The van der Waals surface area contributed by atoms with E-state index in [1.54, 1.807) is 0 Å². The van der Waals surface area contributed by atoms with E-state index in [-0.39, 0.29) is 0 Å². The lowest BCUT2D eigenvalue weighted by atomic mass is 10.3. The van der Waals surface area contributed by atoms with Gasteiger partial charge in [0.15, 0.2) is 0 Å². The zero-order valence-corrected chi connectivity index (χ0v) is 10.2. The molecule has 2 nitrogen and oxygen atoms in total. The topological polar surface area (TPSA) is 6.48 Å². The quantitative estimate of drug-likeness (QED) is 0.588. The van der Waals surface area contributed by atoms with Crippen LogP contribution in [-0.2, 0) is 0 Å². The van der Waals surface area contributed by atoms with E-state index in [4.69, 9.17) is 0 Å². The number of rotatable bonds is 6. The van der Waals surface area contributed by atoms with Gasteiger partial charge in [0.05, 0.1) is 6.67 Å². The van der Waals surface area contributed by atoms with Crippen LogP contribution >= 0.6 is 0 Å². The molecule has 0 fully saturated rings. The van der Waals surface area contributed by atoms with E-state index in [1.807, 2.05) is 0 Å². The average Bonchev–Trinajstić information content (AvgIpc) is 2.05. The van der Waals surface area contributed by atoms with Gasteiger partial charge in [-0.1, -0.05) is 13.8 Å². The highest BCUT2D eigenvalue weighted by Gasteiger charge is 2.13. The highest BCUT2D eigenvalue weighted by Crippen LogP contribution is 2.03. The van der Waals surface area contributed by atoms with Crippen LogP contribution in [0, 0.1) is 0 Å². The summed E-state index contributed by atoms with van der Waals surface area (Å²) in [7, 11) is 0. The highest BCUT2D eigenvalue weighted by molar-refractivity contribution is 4.65. The molecule has 2 heteroatoms. The molecule has 0 amide bonds. The Kier molecular flexibility index (Phi) is 6.35. The van der Waals surface area contributed by atoms with Crippen LogP contribution in [0.5, 0.6) is 0 Å². The summed E-state index contributed by atoms with van der Waals surface area (Å²) in [6.07, 6.45) is 0. The van der Waals surface area contributed by atoms with Gasteiger partial charge in [-0.15, -0.1) is 0 Å². The molecule has 80 valence electrons. The van der Waals surface area contributed by atoms with Crippen LogP contribution in [0.4, 0.5) is 0 Å². The van der Waals surface area contributed by atoms with E-state index < -0.39 is 0 Å². The molecule has 0 spiro atoms. The van der Waals surface area contributed by atoms with E-state index >= 15 is 0 Å². The van der Waals surface area contributed by atoms with Gasteiger partial charge in [-0.2, -0.15) is 0 Å². The van der Waals surface area contributed by atoms with Crippen molar-refractivity contribution in [3.05, 3.63) is 0 Å². The van der Waals surface area contributed by atoms with Gasteiger partial charge in [-0.05, 0) is 40.8 Å². The van der Waals surface area contributed by atoms with Crippen LogP contribution in [0.25, 0.3) is 0 Å². The molecule has 0 aliphatic heterocycles. The first-order chi connectivity index (χ1) is 6.02. The van der Waals surface area contributed by atoms with Gasteiger partial charge in [0.2, 0.25) is 0 Å². The van der Waals surface area contributed by atoms with E-state index in [1.165, 1.54) is 0 Å². The summed E-state index contributed by atoms with van der Waals surface area (Å²) in [5, 5.41) is 0. The van der Waals surface area contributed by atoms with E-state index in [0.717, 1.165) is 19.8 Å². The zero-order valence-electron chi connectivity index (χ0n) is 10.2. The van der Waals surface area contributed by atoms with Gasteiger partial charge < -0.3 is 0 Å². The Morgan fingerprint density at radius 2 is 1.08 bits per heavy atom. The monoisotopic (exact) mass is 186 g/mol. The summed E-state index contributed by atoms with van der Waals surface area (Å²) in [6.45, 7) is 16.9. The first-order valence-corrected chi connectivity index (χ1v) is 5.50. The molecule has 0 aromatic carbocycles. The normalized spacial score (nSPS) is 12.5. The predicted molar refractivity (Wildman–Crippen MR) is 59.9 cm³/mol. The Morgan fingerprint density at radius 1 is 0.769 bits per heavy atom. The van der Waals surface area contributed by atoms with Gasteiger partial charge in [0.25, 0.3) is 0 Å². The standard InChI is InChI=1S/C11H26N2/c1-7-12(10(3)4)9-13(8-2)11(5)6/h10-11H,7-9H2,1-6H3. The second-order valence-electron chi connectivity index (χ2n) is 4.14. The Hall–Kier alpha value is -0.0800. The van der Waals surface area contributed by atoms with Crippen LogP contribution in [0.2, 0.25) is 0 Å². The minimum atomic E-state index is 0.651. The molecule has 0 atom stereocenters. The van der Waals surface area contributed by atoms with Gasteiger partial charge in [0, 0.05) is 12.1 Å². The van der Waals surface area contributed by atoms with Crippen molar-refractivity contribution in [1.82, 2.24) is 9.80 Å². The zero-order chi connectivity index (χ0) is 10.4. The molecule has 0 aromatic heterocycles. The van der Waals surface area contributed by atoms with Crippen molar-refractivity contribution in [2.24, 2.45) is 0 Å². The maximum Gasteiger partial charge on any atom is 0.0510 e. The molecule has 0 aromatic rings. The maximum absolute atomic E-state index is 2.49. The lowest BCUT2D eigenvalue weighted by Gasteiger charge is -2.33. The molecule has 0 N–H and O–H groups in total. The summed E-state index contributed by atoms with van der Waals surface area (Å²) < 4.78 is 0. The van der Waals surface area contributed by atoms with Crippen LogP contribution in [0.15, 0.2) is 0 Å². The lowest BCUT2D eigenvalue weighted by Crippen LogP contribution is -2.44. The first-order valence-electron chi connectivity index (χ1n) is 5.50. The summed E-state index contributed by atoms with van der Waals surface area (Å²) in [6, 6.07) is 1.30. The summed E-state index contributed by atoms with van der Waals surface area (Å²) >= 11 is 0. The highest BCUT2D eigenvalue weighted by atomic mass is 15.3.